The van der Waals surface area contributed by atoms with Crippen molar-refractivity contribution in [1.82, 2.24) is 4.57 Å². The van der Waals surface area contributed by atoms with Crippen molar-refractivity contribution in [3.8, 4) is 0 Å². The van der Waals surface area contributed by atoms with Gasteiger partial charge in [-0.05, 0) is 25.1 Å². The van der Waals surface area contributed by atoms with Crippen molar-refractivity contribution in [2.75, 3.05) is 18.4 Å². The summed E-state index contributed by atoms with van der Waals surface area (Å²) in [6, 6.07) is 8.31. The van der Waals surface area contributed by atoms with Crippen LogP contribution in [0.1, 0.15) is 17.3 Å². The van der Waals surface area contributed by atoms with Gasteiger partial charge >= 0.3 is 0 Å². The lowest BCUT2D eigenvalue weighted by molar-refractivity contribution is 0.101. The van der Waals surface area contributed by atoms with Gasteiger partial charge in [-0.3, -0.25) is 14.3 Å². The van der Waals surface area contributed by atoms with Crippen LogP contribution in [-0.2, 0) is 21.3 Å². The maximum atomic E-state index is 12.4. The molecule has 0 fully saturated rings. The first-order valence-electron chi connectivity index (χ1n) is 7.17. The molecule has 0 saturated carbocycles. The average Bonchev–Trinajstić information content (AvgIpc) is 2.55. The first-order valence-corrected chi connectivity index (χ1v) is 8.65. The van der Waals surface area contributed by atoms with E-state index in [0.717, 1.165) is 0 Å². The Hall–Kier alpha value is -2.45. The highest BCUT2D eigenvalue weighted by Crippen LogP contribution is 2.16. The number of hydrogen-bond donors (Lipinski definition) is 1. The molecule has 128 valence electrons. The van der Waals surface area contributed by atoms with Crippen LogP contribution in [0.3, 0.4) is 0 Å². The molecule has 0 bridgehead atoms. The Morgan fingerprint density at radius 3 is 2.42 bits per heavy atom. The number of carbonyl (C=O) groups excluding carboxylic acids is 1. The molecule has 2 rings (SSSR count). The normalized spacial score (nSPS) is 11.2. The Morgan fingerprint density at radius 2 is 1.83 bits per heavy atom. The van der Waals surface area contributed by atoms with E-state index in [-0.39, 0.29) is 21.9 Å². The number of ketones is 1. The van der Waals surface area contributed by atoms with Gasteiger partial charge in [-0.15, -0.1) is 0 Å². The molecule has 24 heavy (non-hydrogen) atoms. The maximum absolute atomic E-state index is 12.4. The Kier molecular flexibility index (Phi) is 5.53. The smallest absolute Gasteiger partial charge is 0.261 e. The highest BCUT2D eigenvalue weighted by Gasteiger charge is 2.15. The third kappa shape index (κ3) is 4.30. The van der Waals surface area contributed by atoms with Crippen LogP contribution in [0.4, 0.5) is 5.69 Å². The summed E-state index contributed by atoms with van der Waals surface area (Å²) in [5.41, 5.74) is 0.448. The largest absolute Gasteiger partial charge is 0.383 e. The summed E-state index contributed by atoms with van der Waals surface area (Å²) < 4.78 is 33.5. The van der Waals surface area contributed by atoms with Crippen LogP contribution in [0, 0.1) is 0 Å². The Balaban J connectivity index is 2.25. The fourth-order valence-corrected chi connectivity index (χ4v) is 3.08. The van der Waals surface area contributed by atoms with Crippen LogP contribution >= 0.6 is 0 Å². The maximum Gasteiger partial charge on any atom is 0.261 e. The molecule has 0 aliphatic rings. The van der Waals surface area contributed by atoms with Crippen molar-refractivity contribution in [2.45, 2.75) is 18.4 Å². The van der Waals surface area contributed by atoms with Gasteiger partial charge in [-0.2, -0.15) is 0 Å². The van der Waals surface area contributed by atoms with Crippen LogP contribution in [0.25, 0.3) is 0 Å². The Labute approximate surface area is 139 Å². The van der Waals surface area contributed by atoms with E-state index in [2.05, 4.69) is 4.72 Å². The van der Waals surface area contributed by atoms with E-state index in [1.54, 1.807) is 0 Å². The van der Waals surface area contributed by atoms with Gasteiger partial charge in [0.2, 0.25) is 0 Å². The highest BCUT2D eigenvalue weighted by molar-refractivity contribution is 7.92. The number of hydrogen-bond acceptors (Lipinski definition) is 5. The second-order valence-electron chi connectivity index (χ2n) is 5.13. The molecular formula is C16H18N2O5S. The van der Waals surface area contributed by atoms with Gasteiger partial charge in [0.05, 0.1) is 17.2 Å². The van der Waals surface area contributed by atoms with E-state index in [0.29, 0.717) is 18.7 Å². The van der Waals surface area contributed by atoms with E-state index in [4.69, 9.17) is 4.74 Å². The van der Waals surface area contributed by atoms with Crippen LogP contribution in [0.2, 0.25) is 0 Å². The van der Waals surface area contributed by atoms with E-state index in [1.807, 2.05) is 0 Å². The van der Waals surface area contributed by atoms with E-state index in [1.165, 1.54) is 61.2 Å². The second-order valence-corrected chi connectivity index (χ2v) is 6.81. The van der Waals surface area contributed by atoms with Gasteiger partial charge in [0.1, 0.15) is 0 Å². The lowest BCUT2D eigenvalue weighted by Crippen LogP contribution is -2.22. The third-order valence-corrected chi connectivity index (χ3v) is 4.74. The molecule has 2 aromatic rings. The molecule has 0 aliphatic carbocycles. The van der Waals surface area contributed by atoms with E-state index >= 15 is 0 Å². The number of nitrogens with one attached hydrogen (secondary N) is 1. The van der Waals surface area contributed by atoms with E-state index < -0.39 is 10.0 Å². The summed E-state index contributed by atoms with van der Waals surface area (Å²) >= 11 is 0. The zero-order valence-corrected chi connectivity index (χ0v) is 14.2. The topological polar surface area (TPSA) is 94.5 Å². The van der Waals surface area contributed by atoms with Gasteiger partial charge in [-0.25, -0.2) is 8.42 Å². The molecule has 1 aromatic heterocycles. The minimum absolute atomic E-state index is 0.0298. The number of carbonyl (C=O) groups is 1. The van der Waals surface area contributed by atoms with Gasteiger partial charge in [0, 0.05) is 31.5 Å². The number of Topliss-reactive ketones (excluding diaryl/α,β-unsaturated/α-hetero) is 1. The van der Waals surface area contributed by atoms with Gasteiger partial charge in [0.15, 0.2) is 5.78 Å². The number of pyridine rings is 1. The standard InChI is InChI=1S/C16H18N2O5S/c1-12(19)13-3-6-15(7-4-13)24(21,22)17-14-5-8-16(20)18(11-14)9-10-23-2/h3-8,11,17H,9-10H2,1-2H3. The first-order chi connectivity index (χ1) is 11.3. The molecular weight excluding hydrogens is 332 g/mol. The molecule has 1 N–H and O–H groups in total. The lowest BCUT2D eigenvalue weighted by Gasteiger charge is -2.11. The predicted octanol–water partition coefficient (Wildman–Crippen LogP) is 1.50. The van der Waals surface area contributed by atoms with Crippen molar-refractivity contribution in [1.29, 1.82) is 0 Å². The summed E-state index contributed by atoms with van der Waals surface area (Å²) in [5.74, 6) is -0.142. The van der Waals surface area contributed by atoms with Crippen LogP contribution < -0.4 is 10.3 Å². The summed E-state index contributed by atoms with van der Waals surface area (Å²) in [7, 11) is -2.30. The Bertz CT molecular complexity index is 885. The molecule has 7 nitrogen and oxygen atoms in total. The quantitative estimate of drug-likeness (QED) is 0.764. The number of benzene rings is 1. The van der Waals surface area contributed by atoms with Crippen molar-refractivity contribution in [3.05, 3.63) is 58.5 Å². The lowest BCUT2D eigenvalue weighted by atomic mass is 10.2. The molecule has 8 heteroatoms. The molecule has 0 saturated heterocycles. The molecule has 1 heterocycles. The van der Waals surface area contributed by atoms with Gasteiger partial charge < -0.3 is 9.30 Å². The molecule has 1 aromatic carbocycles. The number of nitrogens with zero attached hydrogens (tertiary/aromatic N) is 1. The van der Waals surface area contributed by atoms with Crippen molar-refractivity contribution < 1.29 is 17.9 Å². The third-order valence-electron chi connectivity index (χ3n) is 3.34. The Morgan fingerprint density at radius 1 is 1.17 bits per heavy atom. The van der Waals surface area contributed by atoms with Gasteiger partial charge in [0.25, 0.3) is 15.6 Å². The summed E-state index contributed by atoms with van der Waals surface area (Å²) in [6.07, 6.45) is 1.42. The number of anilines is 1. The minimum Gasteiger partial charge on any atom is -0.383 e. The number of aromatic nitrogens is 1. The highest BCUT2D eigenvalue weighted by atomic mass is 32.2. The van der Waals surface area contributed by atoms with Crippen molar-refractivity contribution in [2.24, 2.45) is 0 Å². The van der Waals surface area contributed by atoms with Crippen LogP contribution in [0.15, 0.2) is 52.3 Å². The zero-order valence-electron chi connectivity index (χ0n) is 13.4. The second kappa shape index (κ2) is 7.41. The number of sulfonamides is 1. The first kappa shape index (κ1) is 17.9. The molecule has 0 unspecified atom stereocenters. The number of rotatable bonds is 7. The fraction of sp³-hybridized carbons (Fsp3) is 0.250. The van der Waals surface area contributed by atoms with Crippen molar-refractivity contribution in [3.63, 3.8) is 0 Å². The molecule has 0 atom stereocenters. The van der Waals surface area contributed by atoms with Crippen molar-refractivity contribution >= 4 is 21.5 Å². The van der Waals surface area contributed by atoms with E-state index in [9.17, 15) is 18.0 Å². The van der Waals surface area contributed by atoms with Crippen LogP contribution in [-0.4, -0.2) is 32.5 Å². The number of methoxy groups -OCH3 is 1. The monoisotopic (exact) mass is 350 g/mol. The number of ether oxygens (including phenoxy) is 1. The SMILES string of the molecule is COCCn1cc(NS(=O)(=O)c2ccc(C(C)=O)cc2)ccc1=O. The van der Waals surface area contributed by atoms with Gasteiger partial charge in [-0.1, -0.05) is 12.1 Å². The summed E-state index contributed by atoms with van der Waals surface area (Å²) in [5, 5.41) is 0. The summed E-state index contributed by atoms with van der Waals surface area (Å²) in [6.45, 7) is 2.06. The van der Waals surface area contributed by atoms with Crippen LogP contribution in [0.5, 0.6) is 0 Å². The predicted molar refractivity (Wildman–Crippen MR) is 89.8 cm³/mol. The summed E-state index contributed by atoms with van der Waals surface area (Å²) in [4.78, 5) is 23.0. The zero-order chi connectivity index (χ0) is 17.7. The molecule has 0 aliphatic heterocycles. The molecule has 0 radical (unpaired) electrons. The molecule has 0 amide bonds. The fourth-order valence-electron chi connectivity index (χ4n) is 2.04. The average molecular weight is 350 g/mol. The molecule has 0 spiro atoms. The minimum atomic E-state index is -3.81.